The number of aromatic amines is 1. The number of sulfone groups is 1. The number of H-pyrrole nitrogens is 1. The summed E-state index contributed by atoms with van der Waals surface area (Å²) < 4.78 is 37.5. The van der Waals surface area contributed by atoms with Crippen molar-refractivity contribution < 1.29 is 17.9 Å². The van der Waals surface area contributed by atoms with Crippen molar-refractivity contribution in [2.24, 2.45) is 0 Å². The van der Waals surface area contributed by atoms with Gasteiger partial charge in [-0.3, -0.25) is 4.57 Å². The molecule has 28 heavy (non-hydrogen) atoms. The van der Waals surface area contributed by atoms with Crippen LogP contribution >= 0.6 is 15.9 Å². The number of para-hydroxylation sites is 1. The number of fused-ring (bicyclic) bond motifs is 1. The summed E-state index contributed by atoms with van der Waals surface area (Å²) >= 11 is 3.42. The minimum absolute atomic E-state index is 0.232. The summed E-state index contributed by atoms with van der Waals surface area (Å²) in [5, 5.41) is 0. The average Bonchev–Trinajstić information content (AvgIpc) is 2.96. The molecular weight excluding hydrogens is 448 g/mol. The van der Waals surface area contributed by atoms with Crippen LogP contribution in [-0.2, 0) is 9.84 Å². The van der Waals surface area contributed by atoms with E-state index >= 15 is 0 Å². The van der Waals surface area contributed by atoms with Crippen LogP contribution in [0, 0.1) is 0 Å². The molecule has 0 bridgehead atoms. The van der Waals surface area contributed by atoms with E-state index in [9.17, 15) is 13.2 Å². The summed E-state index contributed by atoms with van der Waals surface area (Å²) in [6.07, 6.45) is 1.16. The molecule has 0 saturated carbocycles. The molecule has 0 radical (unpaired) electrons. The topological polar surface area (TPSA) is 90.4 Å². The average molecular weight is 469 g/mol. The molecule has 0 unspecified atom stereocenters. The third kappa shape index (κ3) is 4.10. The van der Waals surface area contributed by atoms with Crippen LogP contribution in [0.15, 0.2) is 45.7 Å². The second kappa shape index (κ2) is 8.00. The van der Waals surface area contributed by atoms with Crippen LogP contribution in [0.5, 0.6) is 11.5 Å². The van der Waals surface area contributed by atoms with E-state index in [-0.39, 0.29) is 11.4 Å². The lowest BCUT2D eigenvalue weighted by Crippen LogP contribution is -2.28. The molecule has 0 aliphatic rings. The lowest BCUT2D eigenvalue weighted by Gasteiger charge is -2.20. The first-order valence-electron chi connectivity index (χ1n) is 8.62. The summed E-state index contributed by atoms with van der Waals surface area (Å²) in [5.41, 5.74) is 1.48. The first kappa shape index (κ1) is 20.5. The zero-order chi connectivity index (χ0) is 20.5. The predicted octanol–water partition coefficient (Wildman–Crippen LogP) is 3.13. The Bertz CT molecular complexity index is 1170. The van der Waals surface area contributed by atoms with Crippen molar-refractivity contribution in [3.8, 4) is 11.5 Å². The number of aromatic nitrogens is 2. The first-order valence-corrected chi connectivity index (χ1v) is 11.5. The number of halogens is 1. The summed E-state index contributed by atoms with van der Waals surface area (Å²) in [6, 6.07) is 9.85. The van der Waals surface area contributed by atoms with Gasteiger partial charge in [-0.05, 0) is 52.7 Å². The number of nitrogens with one attached hydrogen (secondary N) is 1. The Labute approximate surface area is 171 Å². The van der Waals surface area contributed by atoms with Crippen LogP contribution in [0.25, 0.3) is 11.0 Å². The molecule has 1 heterocycles. The Morgan fingerprint density at radius 1 is 1.21 bits per heavy atom. The smallest absolute Gasteiger partial charge is 0.327 e. The Morgan fingerprint density at radius 3 is 2.61 bits per heavy atom. The maximum Gasteiger partial charge on any atom is 0.327 e. The largest absolute Gasteiger partial charge is 0.493 e. The molecule has 0 fully saturated rings. The predicted molar refractivity (Wildman–Crippen MR) is 112 cm³/mol. The quantitative estimate of drug-likeness (QED) is 0.574. The highest BCUT2D eigenvalue weighted by molar-refractivity contribution is 9.10. The minimum atomic E-state index is -3.39. The maximum absolute atomic E-state index is 12.8. The van der Waals surface area contributed by atoms with Gasteiger partial charge in [-0.25, -0.2) is 13.2 Å². The molecule has 7 nitrogen and oxygen atoms in total. The summed E-state index contributed by atoms with van der Waals surface area (Å²) in [5.74, 6) is 0.803. The molecule has 0 aliphatic heterocycles. The molecule has 3 aromatic rings. The monoisotopic (exact) mass is 468 g/mol. The van der Waals surface area contributed by atoms with Crippen molar-refractivity contribution in [1.29, 1.82) is 0 Å². The fourth-order valence-corrected chi connectivity index (χ4v) is 4.57. The molecule has 1 atom stereocenters. The van der Waals surface area contributed by atoms with Crippen molar-refractivity contribution in [2.75, 3.05) is 25.7 Å². The van der Waals surface area contributed by atoms with Crippen LogP contribution < -0.4 is 15.2 Å². The molecular formula is C19H21BrN2O5S. The van der Waals surface area contributed by atoms with Crippen molar-refractivity contribution in [1.82, 2.24) is 9.55 Å². The van der Waals surface area contributed by atoms with Crippen molar-refractivity contribution in [2.45, 2.75) is 13.0 Å². The van der Waals surface area contributed by atoms with Gasteiger partial charge in [0, 0.05) is 10.7 Å². The van der Waals surface area contributed by atoms with Crippen molar-refractivity contribution in [3.05, 3.63) is 56.9 Å². The fourth-order valence-electron chi connectivity index (χ4n) is 3.20. The molecule has 3 rings (SSSR count). The Balaban J connectivity index is 2.25. The Morgan fingerprint density at radius 2 is 1.96 bits per heavy atom. The van der Waals surface area contributed by atoms with E-state index in [4.69, 9.17) is 9.47 Å². The van der Waals surface area contributed by atoms with E-state index in [1.807, 2.05) is 13.0 Å². The summed E-state index contributed by atoms with van der Waals surface area (Å²) in [6.45, 7) is 2.28. The van der Waals surface area contributed by atoms with Gasteiger partial charge in [-0.1, -0.05) is 12.1 Å². The SMILES string of the molecule is CCOc1cc([C@H](CS(C)(=O)=O)n2c(=O)[nH]c3c(Br)cccc32)ccc1OC. The van der Waals surface area contributed by atoms with E-state index in [1.165, 1.54) is 11.7 Å². The summed E-state index contributed by atoms with van der Waals surface area (Å²) in [4.78, 5) is 15.6. The first-order chi connectivity index (χ1) is 13.2. The number of nitrogens with zero attached hydrogens (tertiary/aromatic N) is 1. The molecule has 0 spiro atoms. The molecule has 150 valence electrons. The van der Waals surface area contributed by atoms with Crippen LogP contribution in [0.3, 0.4) is 0 Å². The van der Waals surface area contributed by atoms with E-state index in [2.05, 4.69) is 20.9 Å². The van der Waals surface area contributed by atoms with E-state index in [0.29, 0.717) is 34.7 Å². The van der Waals surface area contributed by atoms with Crippen LogP contribution in [0.4, 0.5) is 0 Å². The van der Waals surface area contributed by atoms with Gasteiger partial charge in [0.1, 0.15) is 9.84 Å². The normalized spacial score (nSPS) is 12.9. The number of methoxy groups -OCH3 is 1. The van der Waals surface area contributed by atoms with Gasteiger partial charge < -0.3 is 14.5 Å². The van der Waals surface area contributed by atoms with E-state index in [1.54, 1.807) is 30.3 Å². The molecule has 0 aliphatic carbocycles. The fraction of sp³-hybridized carbons (Fsp3) is 0.316. The minimum Gasteiger partial charge on any atom is -0.493 e. The molecule has 1 N–H and O–H groups in total. The standard InChI is InChI=1S/C19H21BrN2O5S/c1-4-27-17-10-12(8-9-16(17)26-2)15(11-28(3,24)25)22-14-7-5-6-13(20)18(14)21-19(22)23/h5-10,15H,4,11H2,1-3H3,(H,21,23)/t15-/m0/s1. The zero-order valence-electron chi connectivity index (χ0n) is 15.7. The van der Waals surface area contributed by atoms with Gasteiger partial charge in [0.05, 0.1) is 36.5 Å². The van der Waals surface area contributed by atoms with E-state index in [0.717, 1.165) is 10.7 Å². The third-order valence-electron chi connectivity index (χ3n) is 4.35. The van der Waals surface area contributed by atoms with Gasteiger partial charge in [0.15, 0.2) is 11.5 Å². The maximum atomic E-state index is 12.8. The van der Waals surface area contributed by atoms with Gasteiger partial charge >= 0.3 is 5.69 Å². The molecule has 9 heteroatoms. The number of ether oxygens (including phenoxy) is 2. The van der Waals surface area contributed by atoms with Gasteiger partial charge in [0.25, 0.3) is 0 Å². The highest BCUT2D eigenvalue weighted by atomic mass is 79.9. The second-order valence-corrected chi connectivity index (χ2v) is 9.42. The highest BCUT2D eigenvalue weighted by Gasteiger charge is 2.25. The Kier molecular flexibility index (Phi) is 5.85. The lowest BCUT2D eigenvalue weighted by atomic mass is 10.1. The molecule has 1 aromatic heterocycles. The van der Waals surface area contributed by atoms with Gasteiger partial charge in [-0.2, -0.15) is 0 Å². The lowest BCUT2D eigenvalue weighted by molar-refractivity contribution is 0.310. The van der Waals surface area contributed by atoms with Crippen LogP contribution in [0.1, 0.15) is 18.5 Å². The van der Waals surface area contributed by atoms with Gasteiger partial charge in [0.2, 0.25) is 0 Å². The van der Waals surface area contributed by atoms with E-state index < -0.39 is 15.9 Å². The molecule has 0 amide bonds. The number of hydrogen-bond acceptors (Lipinski definition) is 5. The van der Waals surface area contributed by atoms with Gasteiger partial charge in [-0.15, -0.1) is 0 Å². The summed E-state index contributed by atoms with van der Waals surface area (Å²) in [7, 11) is -1.86. The third-order valence-corrected chi connectivity index (χ3v) is 5.93. The molecule has 0 saturated heterocycles. The number of hydrogen-bond donors (Lipinski definition) is 1. The number of rotatable bonds is 7. The zero-order valence-corrected chi connectivity index (χ0v) is 18.1. The highest BCUT2D eigenvalue weighted by Crippen LogP contribution is 2.33. The van der Waals surface area contributed by atoms with Crippen molar-refractivity contribution in [3.63, 3.8) is 0 Å². The Hall–Kier alpha value is -2.26. The molecule has 2 aromatic carbocycles. The van der Waals surface area contributed by atoms with Crippen molar-refractivity contribution >= 4 is 36.8 Å². The number of benzene rings is 2. The second-order valence-electron chi connectivity index (χ2n) is 6.39. The van der Waals surface area contributed by atoms with Crippen LogP contribution in [-0.4, -0.2) is 43.7 Å². The number of imidazole rings is 1. The van der Waals surface area contributed by atoms with Crippen LogP contribution in [0.2, 0.25) is 0 Å².